The van der Waals surface area contributed by atoms with Gasteiger partial charge in [0.1, 0.15) is 34.9 Å². The van der Waals surface area contributed by atoms with Gasteiger partial charge in [0.05, 0.1) is 31.5 Å². The van der Waals surface area contributed by atoms with Crippen LogP contribution in [0.1, 0.15) is 28.8 Å². The van der Waals surface area contributed by atoms with Crippen molar-refractivity contribution in [3.8, 4) is 40.0 Å². The molecule has 4 heterocycles. The number of nitrogens with one attached hydrogen (secondary N) is 2. The predicted molar refractivity (Wildman–Crippen MR) is 159 cm³/mol. The molecule has 10 heteroatoms. The van der Waals surface area contributed by atoms with Gasteiger partial charge in [-0.1, -0.05) is 6.07 Å². The average Bonchev–Trinajstić information content (AvgIpc) is 3.35. The van der Waals surface area contributed by atoms with Crippen molar-refractivity contribution in [3.05, 3.63) is 65.9 Å². The van der Waals surface area contributed by atoms with Crippen LogP contribution in [0.4, 0.5) is 0 Å². The number of benzene rings is 2. The molecule has 1 saturated carbocycles. The number of methoxy groups -OCH3 is 1. The molecular formula is C32H31ClN4O5. The minimum atomic E-state index is -0.0969. The molecule has 4 aromatic rings. The number of halogens is 1. The minimum Gasteiger partial charge on any atom is -0.496 e. The summed E-state index contributed by atoms with van der Waals surface area (Å²) in [5, 5.41) is 16.4. The van der Waals surface area contributed by atoms with Crippen molar-refractivity contribution in [1.29, 1.82) is 5.26 Å². The normalized spacial score (nSPS) is 21.2. The summed E-state index contributed by atoms with van der Waals surface area (Å²) in [7, 11) is 1.58. The van der Waals surface area contributed by atoms with Gasteiger partial charge in [0.25, 0.3) is 5.91 Å². The third kappa shape index (κ3) is 5.18. The zero-order valence-corrected chi connectivity index (χ0v) is 23.9. The number of furan rings is 1. The van der Waals surface area contributed by atoms with E-state index >= 15 is 0 Å². The molecule has 2 aromatic carbocycles. The quantitative estimate of drug-likeness (QED) is 0.312. The third-order valence-electron chi connectivity index (χ3n) is 8.40. The first-order chi connectivity index (χ1) is 20.1. The standard InChI is InChI=1S/C32H30N4O5.ClH/c1-38-28-13-19(32(37)36-30-24-16-34-17-25(24)30)2-4-23(28)29-14-26-31(41-29)22(6-9-35-26)18-3-5-27(20(12-18)15-33)40-21-7-10-39-11-8-21;/h2-6,9,12-14,21,24-25,30,34H,7-8,10-11,16-17H2,1H3,(H,36,37);1H. The van der Waals surface area contributed by atoms with E-state index in [1.54, 1.807) is 25.4 Å². The van der Waals surface area contributed by atoms with Crippen molar-refractivity contribution >= 4 is 29.4 Å². The van der Waals surface area contributed by atoms with Crippen LogP contribution < -0.4 is 20.1 Å². The zero-order valence-electron chi connectivity index (χ0n) is 23.1. The first-order valence-electron chi connectivity index (χ1n) is 14.0. The van der Waals surface area contributed by atoms with Gasteiger partial charge in [-0.15, -0.1) is 12.4 Å². The molecule has 0 spiro atoms. The maximum absolute atomic E-state index is 12.9. The molecule has 7 rings (SSSR count). The number of hydrogen-bond donors (Lipinski definition) is 2. The van der Waals surface area contributed by atoms with E-state index in [1.165, 1.54) is 0 Å². The number of pyridine rings is 1. The van der Waals surface area contributed by atoms with Gasteiger partial charge in [0.2, 0.25) is 0 Å². The number of hydrogen-bond acceptors (Lipinski definition) is 8. The molecular weight excluding hydrogens is 556 g/mol. The third-order valence-corrected chi connectivity index (χ3v) is 8.40. The highest BCUT2D eigenvalue weighted by Crippen LogP contribution is 2.42. The number of carbonyl (C=O) groups is 1. The number of ether oxygens (including phenoxy) is 3. The molecule has 216 valence electrons. The Morgan fingerprint density at radius 3 is 2.62 bits per heavy atom. The Morgan fingerprint density at radius 1 is 1.05 bits per heavy atom. The molecule has 9 nitrogen and oxygen atoms in total. The summed E-state index contributed by atoms with van der Waals surface area (Å²) in [6.45, 7) is 3.26. The Labute approximate surface area is 249 Å². The van der Waals surface area contributed by atoms with Crippen molar-refractivity contribution in [3.63, 3.8) is 0 Å². The van der Waals surface area contributed by atoms with Gasteiger partial charge in [-0.3, -0.25) is 9.78 Å². The van der Waals surface area contributed by atoms with Gasteiger partial charge in [0.15, 0.2) is 5.58 Å². The summed E-state index contributed by atoms with van der Waals surface area (Å²) >= 11 is 0. The average molecular weight is 587 g/mol. The lowest BCUT2D eigenvalue weighted by molar-refractivity contribution is 0.0254. The van der Waals surface area contributed by atoms with Gasteiger partial charge < -0.3 is 29.3 Å². The molecule has 2 unspecified atom stereocenters. The maximum atomic E-state index is 12.9. The molecule has 2 N–H and O–H groups in total. The fourth-order valence-electron chi connectivity index (χ4n) is 6.06. The van der Waals surface area contributed by atoms with Crippen molar-refractivity contribution in [2.24, 2.45) is 11.8 Å². The van der Waals surface area contributed by atoms with Crippen LogP contribution in [0.5, 0.6) is 11.5 Å². The van der Waals surface area contributed by atoms with Gasteiger partial charge in [0, 0.05) is 55.4 Å². The van der Waals surface area contributed by atoms with E-state index in [-0.39, 0.29) is 30.5 Å². The molecule has 2 saturated heterocycles. The second kappa shape index (κ2) is 11.6. The highest BCUT2D eigenvalue weighted by atomic mass is 35.5. The number of piperidine rings is 1. The van der Waals surface area contributed by atoms with E-state index in [2.05, 4.69) is 21.7 Å². The molecule has 0 radical (unpaired) electrons. The summed E-state index contributed by atoms with van der Waals surface area (Å²) in [6.07, 6.45) is 3.38. The Morgan fingerprint density at radius 2 is 1.86 bits per heavy atom. The van der Waals surface area contributed by atoms with Crippen LogP contribution in [0, 0.1) is 23.2 Å². The van der Waals surface area contributed by atoms with Crippen molar-refractivity contribution in [2.45, 2.75) is 25.0 Å². The Kier molecular flexibility index (Phi) is 7.78. The molecule has 2 aromatic heterocycles. The summed E-state index contributed by atoms with van der Waals surface area (Å²) in [5.74, 6) is 2.67. The Bertz CT molecular complexity index is 1670. The largest absolute Gasteiger partial charge is 0.496 e. The SMILES string of the molecule is COc1cc(C(=O)NC2C3CNCC32)ccc1-c1cc2nccc(-c3ccc(OC4CCOCC4)c(C#N)c3)c2o1.Cl. The van der Waals surface area contributed by atoms with Crippen molar-refractivity contribution in [1.82, 2.24) is 15.6 Å². The van der Waals surface area contributed by atoms with Gasteiger partial charge >= 0.3 is 0 Å². The molecule has 1 aliphatic carbocycles. The highest BCUT2D eigenvalue weighted by molar-refractivity contribution is 5.97. The molecule has 2 atom stereocenters. The summed E-state index contributed by atoms with van der Waals surface area (Å²) in [6, 6.07) is 17.3. The number of amides is 1. The van der Waals surface area contributed by atoms with E-state index in [1.807, 2.05) is 36.4 Å². The highest BCUT2D eigenvalue weighted by Gasteiger charge is 2.53. The van der Waals surface area contributed by atoms with Crippen molar-refractivity contribution < 1.29 is 23.4 Å². The van der Waals surface area contributed by atoms with E-state index in [0.29, 0.717) is 64.5 Å². The molecule has 3 fully saturated rings. The Hall–Kier alpha value is -4.10. The smallest absolute Gasteiger partial charge is 0.251 e. The van der Waals surface area contributed by atoms with E-state index < -0.39 is 0 Å². The second-order valence-electron chi connectivity index (χ2n) is 10.8. The minimum absolute atomic E-state index is 0. The second-order valence-corrected chi connectivity index (χ2v) is 10.8. The molecule has 42 heavy (non-hydrogen) atoms. The van der Waals surface area contributed by atoms with Crippen LogP contribution in [0.25, 0.3) is 33.6 Å². The van der Waals surface area contributed by atoms with Gasteiger partial charge in [-0.05, 0) is 53.8 Å². The van der Waals surface area contributed by atoms with E-state index in [0.717, 1.165) is 42.6 Å². The van der Waals surface area contributed by atoms with E-state index in [4.69, 9.17) is 18.6 Å². The fourth-order valence-corrected chi connectivity index (χ4v) is 6.06. The number of carbonyl (C=O) groups excluding carboxylic acids is 1. The fraction of sp³-hybridized carbons (Fsp3) is 0.344. The van der Waals surface area contributed by atoms with Crippen LogP contribution in [0.2, 0.25) is 0 Å². The van der Waals surface area contributed by atoms with E-state index in [9.17, 15) is 10.1 Å². The first-order valence-corrected chi connectivity index (χ1v) is 14.0. The van der Waals surface area contributed by atoms with Crippen molar-refractivity contribution in [2.75, 3.05) is 33.4 Å². The molecule has 1 amide bonds. The topological polar surface area (TPSA) is 119 Å². The molecule has 3 aliphatic rings. The lowest BCUT2D eigenvalue weighted by Crippen LogP contribution is -2.32. The number of nitriles is 1. The molecule has 2 aliphatic heterocycles. The Balaban J connectivity index is 0.00000316. The number of fused-ring (bicyclic) bond motifs is 2. The lowest BCUT2D eigenvalue weighted by atomic mass is 10.0. The van der Waals surface area contributed by atoms with Gasteiger partial charge in [-0.25, -0.2) is 0 Å². The zero-order chi connectivity index (χ0) is 27.9. The first kappa shape index (κ1) is 28.0. The van der Waals surface area contributed by atoms with Gasteiger partial charge in [-0.2, -0.15) is 5.26 Å². The lowest BCUT2D eigenvalue weighted by Gasteiger charge is -2.23. The molecule has 0 bridgehead atoms. The summed E-state index contributed by atoms with van der Waals surface area (Å²) in [4.78, 5) is 17.4. The van der Waals surface area contributed by atoms with Crippen LogP contribution in [0.15, 0.2) is 59.1 Å². The maximum Gasteiger partial charge on any atom is 0.251 e. The number of aromatic nitrogens is 1. The monoisotopic (exact) mass is 586 g/mol. The van der Waals surface area contributed by atoms with Crippen LogP contribution in [-0.2, 0) is 4.74 Å². The number of rotatable bonds is 7. The van der Waals surface area contributed by atoms with Crippen LogP contribution in [0.3, 0.4) is 0 Å². The van der Waals surface area contributed by atoms with Crippen LogP contribution >= 0.6 is 12.4 Å². The predicted octanol–water partition coefficient (Wildman–Crippen LogP) is 4.97. The number of nitrogens with zero attached hydrogens (tertiary/aromatic N) is 2. The van der Waals surface area contributed by atoms with Crippen LogP contribution in [-0.4, -0.2) is 56.5 Å². The summed E-state index contributed by atoms with van der Waals surface area (Å²) in [5.41, 5.74) is 4.65. The summed E-state index contributed by atoms with van der Waals surface area (Å²) < 4.78 is 23.6.